The highest BCUT2D eigenvalue weighted by Gasteiger charge is 2.21. The minimum Gasteiger partial charge on any atom is -0.390 e. The van der Waals surface area contributed by atoms with Crippen molar-refractivity contribution >= 4 is 26.8 Å². The normalized spacial score (nSPS) is 17.1. The molecular formula is C13H15BrN2O. The van der Waals surface area contributed by atoms with Gasteiger partial charge < -0.3 is 5.11 Å². The first-order chi connectivity index (χ1) is 8.29. The Morgan fingerprint density at radius 1 is 1.35 bits per heavy atom. The van der Waals surface area contributed by atoms with E-state index in [1.807, 2.05) is 22.9 Å². The van der Waals surface area contributed by atoms with Crippen molar-refractivity contribution in [2.45, 2.75) is 38.3 Å². The quantitative estimate of drug-likeness (QED) is 0.922. The second-order valence-electron chi connectivity index (χ2n) is 4.65. The summed E-state index contributed by atoms with van der Waals surface area (Å²) in [4.78, 5) is 0. The summed E-state index contributed by atoms with van der Waals surface area (Å²) in [6.07, 6.45) is 4.91. The fourth-order valence-corrected chi connectivity index (χ4v) is 3.10. The van der Waals surface area contributed by atoms with E-state index < -0.39 is 0 Å². The van der Waals surface area contributed by atoms with Crippen LogP contribution in [0.2, 0.25) is 0 Å². The Labute approximate surface area is 109 Å². The molecule has 90 valence electrons. The van der Waals surface area contributed by atoms with Crippen molar-refractivity contribution in [3.05, 3.63) is 28.4 Å². The van der Waals surface area contributed by atoms with Crippen LogP contribution in [0.5, 0.6) is 0 Å². The van der Waals surface area contributed by atoms with E-state index in [0.717, 1.165) is 21.1 Å². The van der Waals surface area contributed by atoms with Gasteiger partial charge in [-0.05, 0) is 31.0 Å². The van der Waals surface area contributed by atoms with Crippen LogP contribution in [-0.2, 0) is 6.61 Å². The predicted octanol–water partition coefficient (Wildman–Crippen LogP) is 3.41. The SMILES string of the molecule is OCc1c2cc(Br)ccc2nn1C1CCCC1. The van der Waals surface area contributed by atoms with Crippen LogP contribution in [0.1, 0.15) is 37.4 Å². The third kappa shape index (κ3) is 1.89. The maximum Gasteiger partial charge on any atom is 0.0928 e. The summed E-state index contributed by atoms with van der Waals surface area (Å²) in [5.74, 6) is 0. The maximum atomic E-state index is 9.58. The number of rotatable bonds is 2. The zero-order valence-corrected chi connectivity index (χ0v) is 11.2. The summed E-state index contributed by atoms with van der Waals surface area (Å²) in [6.45, 7) is 0.0590. The van der Waals surface area contributed by atoms with Gasteiger partial charge in [0.25, 0.3) is 0 Å². The lowest BCUT2D eigenvalue weighted by Gasteiger charge is -2.12. The third-order valence-electron chi connectivity index (χ3n) is 3.58. The molecule has 0 amide bonds. The van der Waals surface area contributed by atoms with Crippen LogP contribution in [0.4, 0.5) is 0 Å². The summed E-state index contributed by atoms with van der Waals surface area (Å²) >= 11 is 3.47. The van der Waals surface area contributed by atoms with Crippen molar-refractivity contribution < 1.29 is 5.11 Å². The molecule has 1 aromatic heterocycles. The summed E-state index contributed by atoms with van der Waals surface area (Å²) in [5.41, 5.74) is 1.93. The molecule has 1 aromatic carbocycles. The zero-order valence-electron chi connectivity index (χ0n) is 9.56. The molecule has 1 saturated carbocycles. The highest BCUT2D eigenvalue weighted by atomic mass is 79.9. The Hall–Kier alpha value is -0.870. The van der Waals surface area contributed by atoms with Gasteiger partial charge in [-0.1, -0.05) is 28.8 Å². The third-order valence-corrected chi connectivity index (χ3v) is 4.08. The van der Waals surface area contributed by atoms with Gasteiger partial charge in [-0.3, -0.25) is 4.68 Å². The molecule has 0 unspecified atom stereocenters. The average Bonchev–Trinajstić information content (AvgIpc) is 2.94. The number of hydrogen-bond donors (Lipinski definition) is 1. The van der Waals surface area contributed by atoms with E-state index in [0.29, 0.717) is 6.04 Å². The number of aliphatic hydroxyl groups is 1. The Morgan fingerprint density at radius 3 is 2.82 bits per heavy atom. The highest BCUT2D eigenvalue weighted by Crippen LogP contribution is 2.33. The number of nitrogens with zero attached hydrogens (tertiary/aromatic N) is 2. The first-order valence-corrected chi connectivity index (χ1v) is 6.86. The van der Waals surface area contributed by atoms with Crippen molar-refractivity contribution in [2.75, 3.05) is 0 Å². The van der Waals surface area contributed by atoms with Gasteiger partial charge >= 0.3 is 0 Å². The molecule has 3 rings (SSSR count). The molecule has 4 heteroatoms. The molecule has 1 heterocycles. The van der Waals surface area contributed by atoms with Crippen molar-refractivity contribution in [3.8, 4) is 0 Å². The smallest absolute Gasteiger partial charge is 0.0928 e. The van der Waals surface area contributed by atoms with Crippen LogP contribution >= 0.6 is 15.9 Å². The van der Waals surface area contributed by atoms with Crippen LogP contribution in [0.3, 0.4) is 0 Å². The fourth-order valence-electron chi connectivity index (χ4n) is 2.73. The van der Waals surface area contributed by atoms with E-state index in [9.17, 15) is 5.11 Å². The van der Waals surface area contributed by atoms with Crippen LogP contribution < -0.4 is 0 Å². The molecular weight excluding hydrogens is 280 g/mol. The zero-order chi connectivity index (χ0) is 11.8. The molecule has 1 fully saturated rings. The second-order valence-corrected chi connectivity index (χ2v) is 5.56. The molecule has 0 aliphatic heterocycles. The van der Waals surface area contributed by atoms with Crippen LogP contribution in [0.15, 0.2) is 22.7 Å². The monoisotopic (exact) mass is 294 g/mol. The first kappa shape index (κ1) is 11.2. The molecule has 1 aliphatic rings. The lowest BCUT2D eigenvalue weighted by Crippen LogP contribution is -2.10. The number of hydrogen-bond acceptors (Lipinski definition) is 2. The van der Waals surface area contributed by atoms with Gasteiger partial charge in [0.15, 0.2) is 0 Å². The van der Waals surface area contributed by atoms with E-state index in [4.69, 9.17) is 0 Å². The largest absolute Gasteiger partial charge is 0.390 e. The van der Waals surface area contributed by atoms with Crippen molar-refractivity contribution in [1.82, 2.24) is 9.78 Å². The van der Waals surface area contributed by atoms with Crippen molar-refractivity contribution in [3.63, 3.8) is 0 Å². The molecule has 0 spiro atoms. The van der Waals surface area contributed by atoms with Crippen molar-refractivity contribution in [1.29, 1.82) is 0 Å². The maximum absolute atomic E-state index is 9.58. The Balaban J connectivity index is 2.17. The van der Waals surface area contributed by atoms with Crippen LogP contribution in [0.25, 0.3) is 10.9 Å². The molecule has 3 nitrogen and oxygen atoms in total. The minimum atomic E-state index is 0.0590. The Kier molecular flexibility index (Phi) is 2.92. The molecule has 0 radical (unpaired) electrons. The van der Waals surface area contributed by atoms with Gasteiger partial charge in [0, 0.05) is 9.86 Å². The topological polar surface area (TPSA) is 38.1 Å². The van der Waals surface area contributed by atoms with Gasteiger partial charge in [0.05, 0.1) is 23.9 Å². The molecule has 0 saturated heterocycles. The highest BCUT2D eigenvalue weighted by molar-refractivity contribution is 9.10. The summed E-state index contributed by atoms with van der Waals surface area (Å²) < 4.78 is 3.08. The lowest BCUT2D eigenvalue weighted by atomic mass is 10.2. The van der Waals surface area contributed by atoms with Gasteiger partial charge in [-0.25, -0.2) is 0 Å². The first-order valence-electron chi connectivity index (χ1n) is 6.07. The number of benzene rings is 1. The molecule has 0 bridgehead atoms. The number of fused-ring (bicyclic) bond motifs is 1. The molecule has 0 atom stereocenters. The molecule has 1 N–H and O–H groups in total. The molecule has 2 aromatic rings. The summed E-state index contributed by atoms with van der Waals surface area (Å²) in [5, 5.41) is 15.3. The fraction of sp³-hybridized carbons (Fsp3) is 0.462. The summed E-state index contributed by atoms with van der Waals surface area (Å²) in [6, 6.07) is 6.52. The van der Waals surface area contributed by atoms with Crippen LogP contribution in [0, 0.1) is 0 Å². The number of halogens is 1. The Bertz CT molecular complexity index is 544. The van der Waals surface area contributed by atoms with E-state index in [1.54, 1.807) is 0 Å². The molecule has 1 aliphatic carbocycles. The lowest BCUT2D eigenvalue weighted by molar-refractivity contribution is 0.263. The van der Waals surface area contributed by atoms with Gasteiger partial charge in [0.2, 0.25) is 0 Å². The van der Waals surface area contributed by atoms with E-state index in [2.05, 4.69) is 21.0 Å². The van der Waals surface area contributed by atoms with Crippen molar-refractivity contribution in [2.24, 2.45) is 0 Å². The number of aromatic nitrogens is 2. The number of aliphatic hydroxyl groups excluding tert-OH is 1. The minimum absolute atomic E-state index is 0.0590. The van der Waals surface area contributed by atoms with Gasteiger partial charge in [-0.15, -0.1) is 0 Å². The van der Waals surface area contributed by atoms with Gasteiger partial charge in [0.1, 0.15) is 0 Å². The predicted molar refractivity (Wildman–Crippen MR) is 70.9 cm³/mol. The molecule has 17 heavy (non-hydrogen) atoms. The standard InChI is InChI=1S/C13H15BrN2O/c14-9-5-6-12-11(7-9)13(8-17)16(15-12)10-3-1-2-4-10/h5-7,10,17H,1-4,8H2. The van der Waals surface area contributed by atoms with Crippen LogP contribution in [-0.4, -0.2) is 14.9 Å². The summed E-state index contributed by atoms with van der Waals surface area (Å²) in [7, 11) is 0. The van der Waals surface area contributed by atoms with E-state index in [-0.39, 0.29) is 6.61 Å². The van der Waals surface area contributed by atoms with E-state index in [1.165, 1.54) is 25.7 Å². The van der Waals surface area contributed by atoms with E-state index >= 15 is 0 Å². The Morgan fingerprint density at radius 2 is 2.12 bits per heavy atom. The second kappa shape index (κ2) is 4.42. The average molecular weight is 295 g/mol. The van der Waals surface area contributed by atoms with Gasteiger partial charge in [-0.2, -0.15) is 5.10 Å².